The lowest BCUT2D eigenvalue weighted by Gasteiger charge is -2.15. The summed E-state index contributed by atoms with van der Waals surface area (Å²) >= 11 is 9.54. The van der Waals surface area contributed by atoms with Crippen molar-refractivity contribution >= 4 is 51.3 Å². The molecule has 1 saturated heterocycles. The van der Waals surface area contributed by atoms with Crippen LogP contribution in [0.1, 0.15) is 30.0 Å². The summed E-state index contributed by atoms with van der Waals surface area (Å²) in [4.78, 5) is 12.5. The standard InChI is InChI=1S/C25H27BrClN3O3/c1-16(31)10-22(28)15-33-24-7-3-17(2-4-18-5-6-21(27)12-23(18)26)11-20(24)14-30-25(32)19-8-9-29-13-19/h2-7,10-12,19,28-29,31H,8-9,13-15H2,1H3,(H,30,32)/b4-2+,16-10-,28-22?. The number of hydrogen-bond acceptors (Lipinski definition) is 5. The smallest absolute Gasteiger partial charge is 0.224 e. The molecule has 0 spiro atoms. The van der Waals surface area contributed by atoms with Crippen molar-refractivity contribution < 1.29 is 14.6 Å². The monoisotopic (exact) mass is 531 g/mol. The number of carbonyl (C=O) groups excluding carboxylic acids is 1. The average Bonchev–Trinajstić information content (AvgIpc) is 3.30. The molecule has 1 fully saturated rings. The maximum absolute atomic E-state index is 12.5. The highest BCUT2D eigenvalue weighted by Gasteiger charge is 2.22. The molecule has 0 aromatic heterocycles. The fraction of sp³-hybridized carbons (Fsp3) is 0.280. The van der Waals surface area contributed by atoms with Crippen LogP contribution in [0.3, 0.4) is 0 Å². The Kier molecular flexibility index (Phi) is 9.11. The summed E-state index contributed by atoms with van der Waals surface area (Å²) in [5.41, 5.74) is 2.89. The Labute approximate surface area is 207 Å². The van der Waals surface area contributed by atoms with Crippen LogP contribution in [0, 0.1) is 11.3 Å². The molecule has 1 unspecified atom stereocenters. The maximum Gasteiger partial charge on any atom is 0.224 e. The molecule has 0 bridgehead atoms. The molecule has 0 radical (unpaired) electrons. The van der Waals surface area contributed by atoms with E-state index in [4.69, 9.17) is 21.7 Å². The Morgan fingerprint density at radius 2 is 2.15 bits per heavy atom. The van der Waals surface area contributed by atoms with Crippen molar-refractivity contribution in [2.24, 2.45) is 5.92 Å². The number of halogens is 2. The van der Waals surface area contributed by atoms with E-state index in [0.717, 1.165) is 34.1 Å². The van der Waals surface area contributed by atoms with E-state index in [1.807, 2.05) is 48.6 Å². The van der Waals surface area contributed by atoms with Crippen molar-refractivity contribution in [2.45, 2.75) is 19.9 Å². The van der Waals surface area contributed by atoms with Gasteiger partial charge in [-0.2, -0.15) is 0 Å². The molecule has 174 valence electrons. The van der Waals surface area contributed by atoms with Crippen LogP contribution in [0.2, 0.25) is 5.02 Å². The Morgan fingerprint density at radius 1 is 1.33 bits per heavy atom. The van der Waals surface area contributed by atoms with Crippen LogP contribution >= 0.6 is 27.5 Å². The first-order chi connectivity index (χ1) is 15.8. The number of benzene rings is 2. The van der Waals surface area contributed by atoms with Gasteiger partial charge in [-0.15, -0.1) is 0 Å². The molecule has 3 rings (SSSR count). The van der Waals surface area contributed by atoms with Crippen molar-refractivity contribution in [3.63, 3.8) is 0 Å². The van der Waals surface area contributed by atoms with Gasteiger partial charge in [-0.3, -0.25) is 4.79 Å². The van der Waals surface area contributed by atoms with Crippen molar-refractivity contribution in [2.75, 3.05) is 19.7 Å². The second-order valence-electron chi connectivity index (χ2n) is 7.87. The predicted octanol–water partition coefficient (Wildman–Crippen LogP) is 5.36. The van der Waals surface area contributed by atoms with Crippen molar-refractivity contribution in [3.05, 3.63) is 74.4 Å². The minimum absolute atomic E-state index is 0.0122. The lowest BCUT2D eigenvalue weighted by Crippen LogP contribution is -2.31. The van der Waals surface area contributed by atoms with Crippen molar-refractivity contribution in [3.8, 4) is 5.75 Å². The van der Waals surface area contributed by atoms with Gasteiger partial charge in [0, 0.05) is 28.1 Å². The second kappa shape index (κ2) is 12.0. The van der Waals surface area contributed by atoms with Gasteiger partial charge in [0.05, 0.1) is 17.4 Å². The Morgan fingerprint density at radius 3 is 2.85 bits per heavy atom. The largest absolute Gasteiger partial charge is 0.513 e. The van der Waals surface area contributed by atoms with Crippen molar-refractivity contribution in [1.82, 2.24) is 10.6 Å². The first kappa shape index (κ1) is 25.0. The predicted molar refractivity (Wildman–Crippen MR) is 137 cm³/mol. The Hall–Kier alpha value is -2.61. The summed E-state index contributed by atoms with van der Waals surface area (Å²) in [6.45, 7) is 3.38. The highest BCUT2D eigenvalue weighted by molar-refractivity contribution is 9.10. The van der Waals surface area contributed by atoms with Gasteiger partial charge in [0.2, 0.25) is 5.91 Å². The highest BCUT2D eigenvalue weighted by atomic mass is 79.9. The molecule has 6 nitrogen and oxygen atoms in total. The van der Waals surface area contributed by atoms with E-state index in [0.29, 0.717) is 23.9 Å². The number of aliphatic hydroxyl groups excluding tert-OH is 1. The van der Waals surface area contributed by atoms with Crippen molar-refractivity contribution in [1.29, 1.82) is 5.41 Å². The van der Waals surface area contributed by atoms with Gasteiger partial charge in [-0.25, -0.2) is 0 Å². The molecule has 1 aliphatic heterocycles. The van der Waals surface area contributed by atoms with E-state index in [-0.39, 0.29) is 29.9 Å². The first-order valence-electron chi connectivity index (χ1n) is 10.6. The number of amides is 1. The summed E-state index contributed by atoms with van der Waals surface area (Å²) in [5.74, 6) is 0.627. The van der Waals surface area contributed by atoms with E-state index in [1.165, 1.54) is 13.0 Å². The molecule has 0 aliphatic carbocycles. The summed E-state index contributed by atoms with van der Waals surface area (Å²) < 4.78 is 6.72. The minimum Gasteiger partial charge on any atom is -0.513 e. The summed E-state index contributed by atoms with van der Waals surface area (Å²) in [6, 6.07) is 11.3. The van der Waals surface area contributed by atoms with E-state index < -0.39 is 0 Å². The summed E-state index contributed by atoms with van der Waals surface area (Å²) in [6.07, 6.45) is 6.13. The lowest BCUT2D eigenvalue weighted by atomic mass is 10.1. The molecule has 4 N–H and O–H groups in total. The quantitative estimate of drug-likeness (QED) is 0.199. The van der Waals surface area contributed by atoms with E-state index in [1.54, 1.807) is 0 Å². The maximum atomic E-state index is 12.5. The van der Waals surface area contributed by atoms with Crippen LogP contribution in [0.4, 0.5) is 0 Å². The fourth-order valence-corrected chi connectivity index (χ4v) is 4.27. The third-order valence-electron chi connectivity index (χ3n) is 5.15. The molecule has 2 aromatic rings. The third-order valence-corrected chi connectivity index (χ3v) is 6.07. The van der Waals surface area contributed by atoms with Gasteiger partial charge in [0.25, 0.3) is 0 Å². The van der Waals surface area contributed by atoms with Crippen LogP contribution in [-0.4, -0.2) is 36.4 Å². The van der Waals surface area contributed by atoms with Crippen LogP contribution in [0.25, 0.3) is 12.2 Å². The van der Waals surface area contributed by atoms with Crippen LogP contribution < -0.4 is 15.4 Å². The minimum atomic E-state index is -0.0226. The number of rotatable bonds is 9. The first-order valence-corrected chi connectivity index (χ1v) is 11.8. The third kappa shape index (κ3) is 7.74. The Bertz CT molecular complexity index is 1070. The fourth-order valence-electron chi connectivity index (χ4n) is 3.46. The Balaban J connectivity index is 1.77. The highest BCUT2D eigenvalue weighted by Crippen LogP contribution is 2.25. The SMILES string of the molecule is C/C(O)=C/C(=N)COc1ccc(/C=C/c2ccc(Cl)cc2Br)cc1CNC(=O)C1CCNC1. The van der Waals surface area contributed by atoms with Gasteiger partial charge in [-0.05, 0) is 61.4 Å². The van der Waals surface area contributed by atoms with Crippen LogP contribution in [0.5, 0.6) is 5.75 Å². The number of allylic oxidation sites excluding steroid dienone is 1. The molecular weight excluding hydrogens is 506 g/mol. The second-order valence-corrected chi connectivity index (χ2v) is 9.16. The molecule has 1 atom stereocenters. The molecule has 1 amide bonds. The molecule has 0 saturated carbocycles. The van der Waals surface area contributed by atoms with E-state index >= 15 is 0 Å². The number of nitrogens with one attached hydrogen (secondary N) is 3. The lowest BCUT2D eigenvalue weighted by molar-refractivity contribution is -0.124. The van der Waals surface area contributed by atoms with Crippen LogP contribution in [0.15, 0.2) is 52.7 Å². The normalized spacial score (nSPS) is 16.2. The van der Waals surface area contributed by atoms with E-state index in [9.17, 15) is 9.90 Å². The molecular formula is C25H27BrClN3O3. The zero-order chi connectivity index (χ0) is 23.8. The molecule has 1 aliphatic rings. The zero-order valence-corrected chi connectivity index (χ0v) is 20.7. The molecule has 8 heteroatoms. The number of aliphatic hydroxyl groups is 1. The summed E-state index contributed by atoms with van der Waals surface area (Å²) in [7, 11) is 0. The van der Waals surface area contributed by atoms with E-state index in [2.05, 4.69) is 26.6 Å². The molecule has 1 heterocycles. The van der Waals surface area contributed by atoms with Gasteiger partial charge in [-0.1, -0.05) is 51.8 Å². The zero-order valence-electron chi connectivity index (χ0n) is 18.3. The topological polar surface area (TPSA) is 94.4 Å². The van der Waals surface area contributed by atoms with Crippen LogP contribution in [-0.2, 0) is 11.3 Å². The molecule has 33 heavy (non-hydrogen) atoms. The van der Waals surface area contributed by atoms with Gasteiger partial charge >= 0.3 is 0 Å². The van der Waals surface area contributed by atoms with Gasteiger partial charge < -0.3 is 25.9 Å². The number of carbonyl (C=O) groups is 1. The average molecular weight is 533 g/mol. The summed E-state index contributed by atoms with van der Waals surface area (Å²) in [5, 5.41) is 24.1. The number of hydrogen-bond donors (Lipinski definition) is 4. The van der Waals surface area contributed by atoms with Gasteiger partial charge in [0.1, 0.15) is 12.4 Å². The molecule has 2 aromatic carbocycles. The number of ether oxygens (including phenoxy) is 1. The van der Waals surface area contributed by atoms with Gasteiger partial charge in [0.15, 0.2) is 0 Å².